The molecule has 2 heteroatoms. The van der Waals surface area contributed by atoms with Crippen LogP contribution in [-0.4, -0.2) is 23.9 Å². The van der Waals surface area contributed by atoms with Crippen LogP contribution in [0.15, 0.2) is 0 Å². The van der Waals surface area contributed by atoms with Gasteiger partial charge in [-0.05, 0) is 19.3 Å². The molecule has 62 valence electrons. The van der Waals surface area contributed by atoms with Crippen LogP contribution in [0.3, 0.4) is 0 Å². The maximum absolute atomic E-state index is 9.46. The van der Waals surface area contributed by atoms with Gasteiger partial charge >= 0.3 is 0 Å². The smallest absolute Gasteiger partial charge is 0.0835 e. The molecule has 0 aromatic carbocycles. The molecule has 0 saturated carbocycles. The van der Waals surface area contributed by atoms with Crippen molar-refractivity contribution in [2.75, 3.05) is 6.61 Å². The van der Waals surface area contributed by atoms with Crippen LogP contribution in [0.25, 0.3) is 0 Å². The molecule has 1 rings (SSSR count). The lowest BCUT2D eigenvalue weighted by Gasteiger charge is -2.15. The number of aliphatic hydroxyl groups is 1. The Labute approximate surface area is 67.6 Å². The van der Waals surface area contributed by atoms with Crippen LogP contribution >= 0.6 is 0 Å². The molecule has 2 nitrogen and oxygen atoms in total. The summed E-state index contributed by atoms with van der Waals surface area (Å²) in [4.78, 5) is 0. The average Bonchev–Trinajstić information content (AvgIpc) is 2.52. The van der Waals surface area contributed by atoms with Gasteiger partial charge in [-0.15, -0.1) is 12.3 Å². The molecule has 1 N–H and O–H groups in total. The third kappa shape index (κ3) is 2.53. The highest BCUT2D eigenvalue weighted by Gasteiger charge is 2.22. The summed E-state index contributed by atoms with van der Waals surface area (Å²) in [7, 11) is 0. The lowest BCUT2D eigenvalue weighted by molar-refractivity contribution is -0.00444. The van der Waals surface area contributed by atoms with Crippen molar-refractivity contribution < 1.29 is 9.84 Å². The molecule has 0 spiro atoms. The van der Waals surface area contributed by atoms with E-state index in [-0.39, 0.29) is 12.2 Å². The molecule has 1 fully saturated rings. The van der Waals surface area contributed by atoms with Gasteiger partial charge in [-0.1, -0.05) is 0 Å². The maximum Gasteiger partial charge on any atom is 0.0835 e. The van der Waals surface area contributed by atoms with Crippen molar-refractivity contribution in [1.29, 1.82) is 0 Å². The zero-order valence-corrected chi connectivity index (χ0v) is 6.62. The summed E-state index contributed by atoms with van der Waals surface area (Å²) in [5, 5.41) is 9.46. The molecular formula is C9H14O2. The number of hydrogen-bond acceptors (Lipinski definition) is 2. The fourth-order valence-electron chi connectivity index (χ4n) is 1.32. The fourth-order valence-corrected chi connectivity index (χ4v) is 1.32. The fraction of sp³-hybridized carbons (Fsp3) is 0.778. The second-order valence-electron chi connectivity index (χ2n) is 2.86. The first-order valence-corrected chi connectivity index (χ1v) is 4.07. The Morgan fingerprint density at radius 2 is 2.55 bits per heavy atom. The number of terminal acetylenes is 1. The normalized spacial score (nSPS) is 26.4. The van der Waals surface area contributed by atoms with Gasteiger partial charge in [-0.25, -0.2) is 0 Å². The second-order valence-corrected chi connectivity index (χ2v) is 2.86. The van der Waals surface area contributed by atoms with E-state index in [2.05, 4.69) is 5.92 Å². The van der Waals surface area contributed by atoms with Gasteiger partial charge in [-0.3, -0.25) is 0 Å². The van der Waals surface area contributed by atoms with Crippen LogP contribution in [0.1, 0.15) is 25.7 Å². The first-order chi connectivity index (χ1) is 5.34. The van der Waals surface area contributed by atoms with E-state index in [1.54, 1.807) is 0 Å². The SMILES string of the molecule is C#CCCC(O)C1CCCO1. The van der Waals surface area contributed by atoms with Gasteiger partial charge in [0, 0.05) is 13.0 Å². The molecule has 1 aliphatic heterocycles. The van der Waals surface area contributed by atoms with E-state index in [9.17, 15) is 5.11 Å². The number of aliphatic hydroxyl groups excluding tert-OH is 1. The molecule has 0 aliphatic carbocycles. The Kier molecular flexibility index (Phi) is 3.41. The summed E-state index contributed by atoms with van der Waals surface area (Å²) in [6, 6.07) is 0. The van der Waals surface area contributed by atoms with Gasteiger partial charge in [0.25, 0.3) is 0 Å². The second kappa shape index (κ2) is 4.38. The Hall–Kier alpha value is -0.520. The standard InChI is InChI=1S/C9H14O2/c1-2-3-5-8(10)9-6-4-7-11-9/h1,8-10H,3-7H2. The third-order valence-electron chi connectivity index (χ3n) is 1.98. The van der Waals surface area contributed by atoms with Gasteiger partial charge in [0.2, 0.25) is 0 Å². The van der Waals surface area contributed by atoms with Crippen LogP contribution in [0.2, 0.25) is 0 Å². The molecule has 11 heavy (non-hydrogen) atoms. The molecule has 1 heterocycles. The zero-order chi connectivity index (χ0) is 8.10. The highest BCUT2D eigenvalue weighted by molar-refractivity contribution is 4.86. The Balaban J connectivity index is 2.18. The highest BCUT2D eigenvalue weighted by atomic mass is 16.5. The monoisotopic (exact) mass is 154 g/mol. The minimum Gasteiger partial charge on any atom is -0.390 e. The van der Waals surface area contributed by atoms with Gasteiger partial charge in [0.15, 0.2) is 0 Å². The minimum absolute atomic E-state index is 0.0448. The third-order valence-corrected chi connectivity index (χ3v) is 1.98. The van der Waals surface area contributed by atoms with Crippen LogP contribution in [0.5, 0.6) is 0 Å². The van der Waals surface area contributed by atoms with Gasteiger partial charge in [0.1, 0.15) is 0 Å². The lowest BCUT2D eigenvalue weighted by atomic mass is 10.1. The summed E-state index contributed by atoms with van der Waals surface area (Å²) >= 11 is 0. The summed E-state index contributed by atoms with van der Waals surface area (Å²) in [5.74, 6) is 2.51. The van der Waals surface area contributed by atoms with E-state index in [0.717, 1.165) is 19.4 Å². The zero-order valence-electron chi connectivity index (χ0n) is 6.62. The molecule has 0 radical (unpaired) electrons. The van der Waals surface area contributed by atoms with Crippen molar-refractivity contribution in [1.82, 2.24) is 0 Å². The van der Waals surface area contributed by atoms with Crippen molar-refractivity contribution in [3.63, 3.8) is 0 Å². The molecule has 1 saturated heterocycles. The van der Waals surface area contributed by atoms with Crippen molar-refractivity contribution in [3.05, 3.63) is 0 Å². The van der Waals surface area contributed by atoms with Crippen LogP contribution in [0, 0.1) is 12.3 Å². The number of hydrogen-bond donors (Lipinski definition) is 1. The van der Waals surface area contributed by atoms with E-state index < -0.39 is 0 Å². The molecule has 2 unspecified atom stereocenters. The molecule has 2 atom stereocenters. The van der Waals surface area contributed by atoms with Crippen LogP contribution in [0.4, 0.5) is 0 Å². The van der Waals surface area contributed by atoms with Crippen LogP contribution < -0.4 is 0 Å². The Morgan fingerprint density at radius 1 is 1.73 bits per heavy atom. The number of rotatable bonds is 3. The first-order valence-electron chi connectivity index (χ1n) is 4.07. The summed E-state index contributed by atoms with van der Waals surface area (Å²) < 4.78 is 5.29. The van der Waals surface area contributed by atoms with Crippen molar-refractivity contribution in [2.24, 2.45) is 0 Å². The maximum atomic E-state index is 9.46. The van der Waals surface area contributed by atoms with E-state index in [1.165, 1.54) is 0 Å². The molecule has 1 aliphatic rings. The molecular weight excluding hydrogens is 140 g/mol. The van der Waals surface area contributed by atoms with Crippen LogP contribution in [-0.2, 0) is 4.74 Å². The molecule has 0 aromatic rings. The quantitative estimate of drug-likeness (QED) is 0.613. The van der Waals surface area contributed by atoms with Gasteiger partial charge in [-0.2, -0.15) is 0 Å². The molecule has 0 amide bonds. The van der Waals surface area contributed by atoms with E-state index >= 15 is 0 Å². The van der Waals surface area contributed by atoms with Crippen molar-refractivity contribution in [3.8, 4) is 12.3 Å². The van der Waals surface area contributed by atoms with E-state index in [4.69, 9.17) is 11.2 Å². The van der Waals surface area contributed by atoms with Gasteiger partial charge < -0.3 is 9.84 Å². The predicted octanol–water partition coefficient (Wildman–Crippen LogP) is 0.940. The number of ether oxygens (including phenoxy) is 1. The Morgan fingerprint density at radius 3 is 3.09 bits per heavy atom. The summed E-state index contributed by atoms with van der Waals surface area (Å²) in [5.41, 5.74) is 0. The average molecular weight is 154 g/mol. The molecule has 0 aromatic heterocycles. The van der Waals surface area contributed by atoms with Gasteiger partial charge in [0.05, 0.1) is 12.2 Å². The topological polar surface area (TPSA) is 29.5 Å². The van der Waals surface area contributed by atoms with Crippen molar-refractivity contribution >= 4 is 0 Å². The largest absolute Gasteiger partial charge is 0.390 e. The van der Waals surface area contributed by atoms with E-state index in [0.29, 0.717) is 12.8 Å². The van der Waals surface area contributed by atoms with Crippen molar-refractivity contribution in [2.45, 2.75) is 37.9 Å². The highest BCUT2D eigenvalue weighted by Crippen LogP contribution is 2.17. The lowest BCUT2D eigenvalue weighted by Crippen LogP contribution is -2.24. The summed E-state index contributed by atoms with van der Waals surface area (Å²) in [6.07, 6.45) is 8.12. The first kappa shape index (κ1) is 8.58. The minimum atomic E-state index is -0.353. The predicted molar refractivity (Wildman–Crippen MR) is 43.0 cm³/mol. The Bertz CT molecular complexity index is 142. The van der Waals surface area contributed by atoms with E-state index in [1.807, 2.05) is 0 Å². The molecule has 0 bridgehead atoms. The summed E-state index contributed by atoms with van der Waals surface area (Å²) in [6.45, 7) is 0.789.